The molecule has 74 valence electrons. The lowest BCUT2D eigenvalue weighted by Gasteiger charge is -2.24. The Bertz CT molecular complexity index is 159. The third-order valence-electron chi connectivity index (χ3n) is 0.574. The largest absolute Gasteiger partial charge is 0.526 e. The van der Waals surface area contributed by atoms with E-state index in [9.17, 15) is 26.3 Å². The van der Waals surface area contributed by atoms with Gasteiger partial charge in [0.2, 0.25) is 0 Å². The second kappa shape index (κ2) is 3.33. The summed E-state index contributed by atoms with van der Waals surface area (Å²) in [5.41, 5.74) is 0. The van der Waals surface area contributed by atoms with E-state index in [2.05, 4.69) is 4.74 Å². The van der Waals surface area contributed by atoms with Crippen LogP contribution in [0.3, 0.4) is 0 Å². The molecule has 0 saturated carbocycles. The lowest BCUT2D eigenvalue weighted by molar-refractivity contribution is -0.386. The molecule has 0 fully saturated rings. The molecule has 0 unspecified atom stereocenters. The standard InChI is InChI=1S/C3Br2F6O/c4-1(6,7)2(5,8)12-3(9,10)11/t2-/m1/s1. The number of ether oxygens (including phenoxy) is 1. The molecule has 1 nitrogen and oxygen atoms in total. The maximum Gasteiger partial charge on any atom is 0.526 e. The van der Waals surface area contributed by atoms with Crippen molar-refractivity contribution in [3.05, 3.63) is 0 Å². The first-order chi connectivity index (χ1) is 4.96. The lowest BCUT2D eigenvalue weighted by atomic mass is 10.7. The number of rotatable bonds is 2. The van der Waals surface area contributed by atoms with Crippen LogP contribution in [0.4, 0.5) is 26.3 Å². The van der Waals surface area contributed by atoms with E-state index < -0.39 is 16.0 Å². The first kappa shape index (κ1) is 12.5. The Hall–Kier alpha value is 0.500. The SMILES string of the molecule is FC(F)(F)O[C@@](F)(Br)C(F)(F)Br. The predicted octanol–water partition coefficient (Wildman–Crippen LogP) is 3.53. The van der Waals surface area contributed by atoms with Crippen LogP contribution >= 0.6 is 31.9 Å². The van der Waals surface area contributed by atoms with Crippen LogP contribution in [0.15, 0.2) is 0 Å². The van der Waals surface area contributed by atoms with Crippen molar-refractivity contribution in [1.82, 2.24) is 0 Å². The average molecular weight is 326 g/mol. The minimum absolute atomic E-state index is 1.37. The lowest BCUT2D eigenvalue weighted by Crippen LogP contribution is -2.40. The van der Waals surface area contributed by atoms with Crippen LogP contribution in [0.1, 0.15) is 0 Å². The quantitative estimate of drug-likeness (QED) is 0.557. The molecule has 0 aromatic rings. The van der Waals surface area contributed by atoms with Crippen LogP contribution < -0.4 is 0 Å². The first-order valence-corrected chi connectivity index (χ1v) is 3.76. The molecule has 1 atom stereocenters. The maximum absolute atomic E-state index is 12.3. The van der Waals surface area contributed by atoms with Crippen molar-refractivity contribution in [3.63, 3.8) is 0 Å². The van der Waals surface area contributed by atoms with Gasteiger partial charge in [0.25, 0.3) is 0 Å². The fourth-order valence-corrected chi connectivity index (χ4v) is 0.468. The molecule has 0 spiro atoms. The van der Waals surface area contributed by atoms with Gasteiger partial charge < -0.3 is 0 Å². The van der Waals surface area contributed by atoms with Gasteiger partial charge in [-0.15, -0.1) is 13.2 Å². The fourth-order valence-electron chi connectivity index (χ4n) is 0.203. The molecule has 0 saturated heterocycles. The van der Waals surface area contributed by atoms with Crippen molar-refractivity contribution in [2.75, 3.05) is 0 Å². The Morgan fingerprint density at radius 1 is 0.833 bits per heavy atom. The van der Waals surface area contributed by atoms with Crippen molar-refractivity contribution < 1.29 is 31.1 Å². The molecule has 0 radical (unpaired) electrons. The van der Waals surface area contributed by atoms with Crippen molar-refractivity contribution in [2.24, 2.45) is 0 Å². The van der Waals surface area contributed by atoms with Gasteiger partial charge in [0, 0.05) is 0 Å². The zero-order valence-corrected chi connectivity index (χ0v) is 8.10. The summed E-state index contributed by atoms with van der Waals surface area (Å²) in [7, 11) is 0. The fraction of sp³-hybridized carbons (Fsp3) is 1.00. The summed E-state index contributed by atoms with van der Waals surface area (Å²) in [5.74, 6) is 0. The predicted molar refractivity (Wildman–Crippen MR) is 33.8 cm³/mol. The van der Waals surface area contributed by atoms with Crippen molar-refractivity contribution in [2.45, 2.75) is 16.0 Å². The summed E-state index contributed by atoms with van der Waals surface area (Å²) in [6, 6.07) is 0. The molecule has 0 amide bonds. The minimum atomic E-state index is -5.49. The Morgan fingerprint density at radius 2 is 1.17 bits per heavy atom. The van der Waals surface area contributed by atoms with Crippen molar-refractivity contribution in [3.8, 4) is 0 Å². The summed E-state index contributed by atoms with van der Waals surface area (Å²) in [5, 5.41) is 0. The van der Waals surface area contributed by atoms with Crippen LogP contribution in [0.5, 0.6) is 0 Å². The zero-order chi connectivity index (χ0) is 10.2. The number of halogens is 8. The van der Waals surface area contributed by atoms with Gasteiger partial charge in [-0.25, -0.2) is 4.74 Å². The molecule has 0 aromatic carbocycles. The van der Waals surface area contributed by atoms with Gasteiger partial charge in [-0.2, -0.15) is 13.2 Å². The van der Waals surface area contributed by atoms with E-state index in [1.807, 2.05) is 0 Å². The monoisotopic (exact) mass is 324 g/mol. The number of hydrogen-bond donors (Lipinski definition) is 0. The Labute approximate surface area is 79.3 Å². The second-order valence-corrected chi connectivity index (χ2v) is 3.58. The normalized spacial score (nSPS) is 19.0. The van der Waals surface area contributed by atoms with Crippen molar-refractivity contribution >= 4 is 31.9 Å². The van der Waals surface area contributed by atoms with E-state index in [4.69, 9.17) is 0 Å². The Balaban J connectivity index is 4.44. The summed E-state index contributed by atoms with van der Waals surface area (Å²) in [6.45, 7) is 0. The molecule has 0 bridgehead atoms. The van der Waals surface area contributed by atoms with E-state index in [1.165, 1.54) is 31.9 Å². The van der Waals surface area contributed by atoms with Gasteiger partial charge in [0.05, 0.1) is 0 Å². The summed E-state index contributed by atoms with van der Waals surface area (Å²) < 4.78 is 67.9. The molecule has 0 aliphatic heterocycles. The van der Waals surface area contributed by atoms with E-state index in [0.717, 1.165) is 0 Å². The molecule has 0 heterocycles. The minimum Gasteiger partial charge on any atom is -0.238 e. The van der Waals surface area contributed by atoms with E-state index in [-0.39, 0.29) is 0 Å². The van der Waals surface area contributed by atoms with Crippen LogP contribution in [-0.4, -0.2) is 16.0 Å². The van der Waals surface area contributed by atoms with E-state index in [1.54, 1.807) is 0 Å². The van der Waals surface area contributed by atoms with Gasteiger partial charge >= 0.3 is 16.0 Å². The zero-order valence-electron chi connectivity index (χ0n) is 4.93. The average Bonchev–Trinajstić information content (AvgIpc) is 1.52. The van der Waals surface area contributed by atoms with Gasteiger partial charge in [-0.3, -0.25) is 0 Å². The van der Waals surface area contributed by atoms with Crippen LogP contribution in [0.25, 0.3) is 0 Å². The molecule has 12 heavy (non-hydrogen) atoms. The van der Waals surface area contributed by atoms with Gasteiger partial charge in [0.1, 0.15) is 0 Å². The highest BCUT2D eigenvalue weighted by Gasteiger charge is 2.58. The smallest absolute Gasteiger partial charge is 0.238 e. The third kappa shape index (κ3) is 3.94. The van der Waals surface area contributed by atoms with Crippen molar-refractivity contribution in [1.29, 1.82) is 0 Å². The maximum atomic E-state index is 12.3. The second-order valence-electron chi connectivity index (χ2n) is 1.56. The molecule has 0 aliphatic carbocycles. The van der Waals surface area contributed by atoms with Crippen LogP contribution in [-0.2, 0) is 4.74 Å². The molecular weight excluding hydrogens is 326 g/mol. The number of hydrogen-bond acceptors (Lipinski definition) is 1. The first-order valence-electron chi connectivity index (χ1n) is 2.17. The third-order valence-corrected chi connectivity index (χ3v) is 2.28. The molecule has 0 rings (SSSR count). The van der Waals surface area contributed by atoms with Gasteiger partial charge in [0.15, 0.2) is 0 Å². The molecule has 0 N–H and O–H groups in total. The van der Waals surface area contributed by atoms with E-state index in [0.29, 0.717) is 0 Å². The summed E-state index contributed by atoms with van der Waals surface area (Å²) in [6.07, 6.45) is -5.49. The molecular formula is C3Br2F6O. The highest BCUT2D eigenvalue weighted by Crippen LogP contribution is 2.46. The highest BCUT2D eigenvalue weighted by molar-refractivity contribution is 9.12. The topological polar surface area (TPSA) is 9.23 Å². The van der Waals surface area contributed by atoms with Gasteiger partial charge in [-0.1, -0.05) is 0 Å². The Morgan fingerprint density at radius 3 is 1.25 bits per heavy atom. The number of alkyl halides is 8. The summed E-state index contributed by atoms with van der Waals surface area (Å²) in [4.78, 5) is -4.48. The van der Waals surface area contributed by atoms with Crippen LogP contribution in [0.2, 0.25) is 0 Å². The van der Waals surface area contributed by atoms with Gasteiger partial charge in [-0.05, 0) is 31.9 Å². The highest BCUT2D eigenvalue weighted by atomic mass is 79.9. The summed E-state index contributed by atoms with van der Waals surface area (Å²) >= 11 is 2.80. The molecule has 0 aliphatic rings. The van der Waals surface area contributed by atoms with E-state index >= 15 is 0 Å². The Kier molecular flexibility index (Phi) is 3.47. The molecule has 9 heteroatoms. The molecule has 0 aromatic heterocycles. The van der Waals surface area contributed by atoms with Crippen LogP contribution in [0, 0.1) is 0 Å².